The molecule has 1 aromatic heterocycles. The molecule has 4 rings (SSSR count). The summed E-state index contributed by atoms with van der Waals surface area (Å²) in [7, 11) is 4.17. The molecular formula is C22H24F2N2OS. The van der Waals surface area contributed by atoms with Gasteiger partial charge < -0.3 is 14.6 Å². The van der Waals surface area contributed by atoms with Gasteiger partial charge >= 0.3 is 6.61 Å². The molecule has 3 nitrogen and oxygen atoms in total. The second-order valence-electron chi connectivity index (χ2n) is 7.47. The van der Waals surface area contributed by atoms with Gasteiger partial charge in [0.25, 0.3) is 0 Å². The summed E-state index contributed by atoms with van der Waals surface area (Å²) in [5, 5.41) is 1.61. The Hall–Kier alpha value is -2.05. The van der Waals surface area contributed by atoms with Gasteiger partial charge in [-0.05, 0) is 68.2 Å². The average Bonchev–Trinajstić information content (AvgIpc) is 3.24. The van der Waals surface area contributed by atoms with Crippen LogP contribution >= 0.6 is 11.8 Å². The smallest absolute Gasteiger partial charge is 0.387 e. The first-order chi connectivity index (χ1) is 13.5. The third-order valence-corrected chi connectivity index (χ3v) is 6.46. The number of rotatable bonds is 7. The predicted octanol–water partition coefficient (Wildman–Crippen LogP) is 5.13. The van der Waals surface area contributed by atoms with E-state index in [0.29, 0.717) is 11.0 Å². The van der Waals surface area contributed by atoms with Crippen LogP contribution in [0.25, 0.3) is 10.9 Å². The first-order valence-electron chi connectivity index (χ1n) is 9.47. The Morgan fingerprint density at radius 1 is 1.18 bits per heavy atom. The number of halogens is 2. The Morgan fingerprint density at radius 3 is 2.79 bits per heavy atom. The van der Waals surface area contributed by atoms with Crippen LogP contribution in [0.4, 0.5) is 8.78 Å². The molecule has 0 bridgehead atoms. The summed E-state index contributed by atoms with van der Waals surface area (Å²) in [5.41, 5.74) is 4.51. The van der Waals surface area contributed by atoms with Crippen LogP contribution in [0.15, 0.2) is 47.5 Å². The number of likely N-dealkylation sites (N-methyl/N-ethyl adjacent to an activating group) is 1. The molecule has 1 heterocycles. The van der Waals surface area contributed by atoms with Crippen LogP contribution in [0.1, 0.15) is 16.7 Å². The van der Waals surface area contributed by atoms with E-state index in [-0.39, 0.29) is 0 Å². The molecule has 1 atom stereocenters. The fourth-order valence-electron chi connectivity index (χ4n) is 3.91. The van der Waals surface area contributed by atoms with Crippen LogP contribution < -0.4 is 4.74 Å². The van der Waals surface area contributed by atoms with Crippen molar-refractivity contribution in [1.29, 1.82) is 0 Å². The van der Waals surface area contributed by atoms with Gasteiger partial charge in [0.15, 0.2) is 0 Å². The van der Waals surface area contributed by atoms with E-state index in [9.17, 15) is 8.78 Å². The summed E-state index contributed by atoms with van der Waals surface area (Å²) < 4.78 is 30.2. The zero-order valence-electron chi connectivity index (χ0n) is 16.0. The standard InChI is InChI=1S/C22H24F2N2OS/c1-26(2)10-9-15-13-25-18-6-4-8-20(21(15)18)28-16-11-14-5-3-7-19(17(14)12-16)27-22(23)24/h3-8,13,16,22,25H,9-12H2,1-2H3. The van der Waals surface area contributed by atoms with E-state index in [1.807, 2.05) is 17.8 Å². The summed E-state index contributed by atoms with van der Waals surface area (Å²) in [4.78, 5) is 6.83. The van der Waals surface area contributed by atoms with Crippen molar-refractivity contribution in [2.24, 2.45) is 0 Å². The summed E-state index contributed by atoms with van der Waals surface area (Å²) in [6.45, 7) is -1.79. The number of hydrogen-bond donors (Lipinski definition) is 1. The molecule has 0 fully saturated rings. The Labute approximate surface area is 168 Å². The minimum Gasteiger partial charge on any atom is -0.435 e. The summed E-state index contributed by atoms with van der Waals surface area (Å²) >= 11 is 1.84. The van der Waals surface area contributed by atoms with Crippen LogP contribution in [0.5, 0.6) is 5.75 Å². The Bertz CT molecular complexity index is 970. The van der Waals surface area contributed by atoms with Gasteiger partial charge in [0.1, 0.15) is 5.75 Å². The van der Waals surface area contributed by atoms with Crippen molar-refractivity contribution in [3.8, 4) is 5.75 Å². The highest BCUT2D eigenvalue weighted by Gasteiger charge is 2.27. The zero-order chi connectivity index (χ0) is 19.7. The molecule has 148 valence electrons. The van der Waals surface area contributed by atoms with Crippen LogP contribution in [-0.4, -0.2) is 42.4 Å². The van der Waals surface area contributed by atoms with E-state index in [0.717, 1.165) is 42.5 Å². The Balaban J connectivity index is 1.57. The normalized spacial score (nSPS) is 16.3. The quantitative estimate of drug-likeness (QED) is 0.594. The summed E-state index contributed by atoms with van der Waals surface area (Å²) in [5.74, 6) is 0.321. The van der Waals surface area contributed by atoms with Gasteiger partial charge in [-0.3, -0.25) is 0 Å². The maximum Gasteiger partial charge on any atom is 0.387 e. The van der Waals surface area contributed by atoms with Crippen molar-refractivity contribution in [3.63, 3.8) is 0 Å². The molecule has 0 aliphatic heterocycles. The average molecular weight is 403 g/mol. The second-order valence-corrected chi connectivity index (χ2v) is 8.81. The lowest BCUT2D eigenvalue weighted by Gasteiger charge is -2.13. The molecule has 0 spiro atoms. The number of benzene rings is 2. The SMILES string of the molecule is CN(C)CCc1c[nH]c2cccc(SC3Cc4cccc(OC(F)F)c4C3)c12. The highest BCUT2D eigenvalue weighted by Crippen LogP contribution is 2.41. The first kappa shape index (κ1) is 19.3. The van der Waals surface area contributed by atoms with E-state index in [2.05, 4.69) is 48.4 Å². The molecular weight excluding hydrogens is 378 g/mol. The van der Waals surface area contributed by atoms with Gasteiger partial charge in [-0.15, -0.1) is 11.8 Å². The number of nitrogens with one attached hydrogen (secondary N) is 1. The molecule has 1 aliphatic rings. The molecule has 1 aliphatic carbocycles. The van der Waals surface area contributed by atoms with E-state index in [1.54, 1.807) is 12.1 Å². The van der Waals surface area contributed by atoms with Crippen LogP contribution in [-0.2, 0) is 19.3 Å². The summed E-state index contributed by atoms with van der Waals surface area (Å²) in [6.07, 6.45) is 4.71. The van der Waals surface area contributed by atoms with Crippen molar-refractivity contribution >= 4 is 22.7 Å². The molecule has 1 unspecified atom stereocenters. The molecule has 6 heteroatoms. The van der Waals surface area contributed by atoms with Gasteiger partial charge in [0, 0.05) is 33.8 Å². The lowest BCUT2D eigenvalue weighted by Crippen LogP contribution is -2.14. The van der Waals surface area contributed by atoms with Crippen LogP contribution in [0, 0.1) is 0 Å². The fraction of sp³-hybridized carbons (Fsp3) is 0.364. The third kappa shape index (κ3) is 4.03. The van der Waals surface area contributed by atoms with Crippen molar-refractivity contribution in [2.75, 3.05) is 20.6 Å². The van der Waals surface area contributed by atoms with Gasteiger partial charge in [-0.25, -0.2) is 0 Å². The molecule has 3 aromatic rings. The van der Waals surface area contributed by atoms with Gasteiger partial charge in [0.2, 0.25) is 0 Å². The number of fused-ring (bicyclic) bond motifs is 2. The molecule has 0 radical (unpaired) electrons. The second kappa shape index (κ2) is 8.13. The highest BCUT2D eigenvalue weighted by molar-refractivity contribution is 8.00. The van der Waals surface area contributed by atoms with Crippen molar-refractivity contribution in [3.05, 3.63) is 59.3 Å². The van der Waals surface area contributed by atoms with Crippen molar-refractivity contribution in [2.45, 2.75) is 36.0 Å². The third-order valence-electron chi connectivity index (χ3n) is 5.20. The topological polar surface area (TPSA) is 28.3 Å². The Morgan fingerprint density at radius 2 is 2.00 bits per heavy atom. The first-order valence-corrected chi connectivity index (χ1v) is 10.3. The number of aromatic amines is 1. The number of nitrogens with zero attached hydrogens (tertiary/aromatic N) is 1. The minimum absolute atomic E-state index is 0.319. The fourth-order valence-corrected chi connectivity index (χ4v) is 5.30. The van der Waals surface area contributed by atoms with Crippen LogP contribution in [0.3, 0.4) is 0 Å². The number of aromatic nitrogens is 1. The van der Waals surface area contributed by atoms with E-state index >= 15 is 0 Å². The molecule has 0 amide bonds. The van der Waals surface area contributed by atoms with Gasteiger partial charge in [0.05, 0.1) is 0 Å². The van der Waals surface area contributed by atoms with E-state index < -0.39 is 6.61 Å². The Kier molecular flexibility index (Phi) is 5.60. The molecule has 0 saturated heterocycles. The van der Waals surface area contributed by atoms with Crippen LogP contribution in [0.2, 0.25) is 0 Å². The molecule has 0 saturated carbocycles. The maximum atomic E-state index is 12.7. The predicted molar refractivity (Wildman–Crippen MR) is 111 cm³/mol. The highest BCUT2D eigenvalue weighted by atomic mass is 32.2. The number of alkyl halides is 2. The molecule has 1 N–H and O–H groups in total. The lowest BCUT2D eigenvalue weighted by atomic mass is 10.1. The van der Waals surface area contributed by atoms with E-state index in [4.69, 9.17) is 4.74 Å². The maximum absolute atomic E-state index is 12.7. The molecule has 2 aromatic carbocycles. The largest absolute Gasteiger partial charge is 0.435 e. The lowest BCUT2D eigenvalue weighted by molar-refractivity contribution is -0.0503. The summed E-state index contributed by atoms with van der Waals surface area (Å²) in [6, 6.07) is 11.8. The number of H-pyrrole nitrogens is 1. The van der Waals surface area contributed by atoms with Gasteiger partial charge in [-0.1, -0.05) is 18.2 Å². The number of thioether (sulfide) groups is 1. The van der Waals surface area contributed by atoms with E-state index in [1.165, 1.54) is 15.8 Å². The minimum atomic E-state index is -2.79. The number of ether oxygens (including phenoxy) is 1. The van der Waals surface area contributed by atoms with Crippen molar-refractivity contribution < 1.29 is 13.5 Å². The van der Waals surface area contributed by atoms with Gasteiger partial charge in [-0.2, -0.15) is 8.78 Å². The zero-order valence-corrected chi connectivity index (χ0v) is 16.9. The number of hydrogen-bond acceptors (Lipinski definition) is 3. The molecule has 28 heavy (non-hydrogen) atoms. The van der Waals surface area contributed by atoms with Crippen molar-refractivity contribution in [1.82, 2.24) is 9.88 Å². The monoisotopic (exact) mass is 402 g/mol.